The van der Waals surface area contributed by atoms with E-state index >= 15 is 0 Å². The molecule has 0 rings (SSSR count). The molecule has 0 fully saturated rings. The third kappa shape index (κ3) is 4.61. The molecule has 5 nitrogen and oxygen atoms in total. The van der Waals surface area contributed by atoms with Crippen molar-refractivity contribution in [3.05, 3.63) is 0 Å². The van der Waals surface area contributed by atoms with Crippen molar-refractivity contribution in [2.75, 3.05) is 19.8 Å². The molecule has 0 saturated carbocycles. The van der Waals surface area contributed by atoms with E-state index in [1.807, 2.05) is 27.7 Å². The van der Waals surface area contributed by atoms with Crippen LogP contribution in [0.2, 0.25) is 5.54 Å². The van der Waals surface area contributed by atoms with Crippen molar-refractivity contribution in [3.63, 3.8) is 0 Å². The molecule has 0 aromatic rings. The minimum atomic E-state index is -2.76. The fraction of sp³-hybridized carbons (Fsp3) is 0.900. The van der Waals surface area contributed by atoms with E-state index in [1.165, 1.54) is 0 Å². The summed E-state index contributed by atoms with van der Waals surface area (Å²) in [5.41, 5.74) is 5.09. The molecule has 0 bridgehead atoms. The lowest BCUT2D eigenvalue weighted by Crippen LogP contribution is -2.50. The third-order valence-corrected chi connectivity index (χ3v) is 5.63. The van der Waals surface area contributed by atoms with Gasteiger partial charge in [0, 0.05) is 31.8 Å². The van der Waals surface area contributed by atoms with Gasteiger partial charge in [-0.3, -0.25) is 4.79 Å². The minimum absolute atomic E-state index is 0.107. The SMILES string of the molecule is CCO[Si](OCC)(OCC)C(C)CC(N)=O. The maximum absolute atomic E-state index is 10.9. The fourth-order valence-corrected chi connectivity index (χ4v) is 4.34. The highest BCUT2D eigenvalue weighted by molar-refractivity contribution is 6.62. The second kappa shape index (κ2) is 7.78. The standard InChI is InChI=1S/C10H23NO4Si/c1-5-13-16(14-6-2,15-7-3)9(4)8-10(11)12/h9H,5-8H2,1-4H3,(H2,11,12). The predicted octanol–water partition coefficient (Wildman–Crippen LogP) is 1.30. The molecule has 0 aliphatic heterocycles. The number of carbonyl (C=O) groups is 1. The molecule has 1 amide bonds. The summed E-state index contributed by atoms with van der Waals surface area (Å²) in [6.07, 6.45) is 0.228. The van der Waals surface area contributed by atoms with Gasteiger partial charge in [0.25, 0.3) is 0 Å². The van der Waals surface area contributed by atoms with Crippen molar-refractivity contribution in [3.8, 4) is 0 Å². The Balaban J connectivity index is 4.74. The summed E-state index contributed by atoms with van der Waals surface area (Å²) in [4.78, 5) is 10.9. The van der Waals surface area contributed by atoms with Crippen molar-refractivity contribution in [2.45, 2.75) is 39.7 Å². The van der Waals surface area contributed by atoms with Gasteiger partial charge in [0.2, 0.25) is 5.91 Å². The molecule has 1 unspecified atom stereocenters. The van der Waals surface area contributed by atoms with Crippen molar-refractivity contribution >= 4 is 14.7 Å². The first-order valence-corrected chi connectivity index (χ1v) is 7.52. The maximum Gasteiger partial charge on any atom is 0.504 e. The van der Waals surface area contributed by atoms with Crippen molar-refractivity contribution in [1.82, 2.24) is 0 Å². The highest BCUT2D eigenvalue weighted by Gasteiger charge is 2.47. The molecule has 0 heterocycles. The maximum atomic E-state index is 10.9. The van der Waals surface area contributed by atoms with Crippen LogP contribution in [0, 0.1) is 0 Å². The molecule has 0 aromatic heterocycles. The van der Waals surface area contributed by atoms with E-state index in [4.69, 9.17) is 19.0 Å². The predicted molar refractivity (Wildman–Crippen MR) is 63.9 cm³/mol. The largest absolute Gasteiger partial charge is 0.504 e. The molecular formula is C10H23NO4Si. The van der Waals surface area contributed by atoms with Crippen LogP contribution in [0.4, 0.5) is 0 Å². The van der Waals surface area contributed by atoms with E-state index < -0.39 is 8.80 Å². The lowest BCUT2D eigenvalue weighted by molar-refractivity contribution is -0.118. The van der Waals surface area contributed by atoms with E-state index in [2.05, 4.69) is 0 Å². The Morgan fingerprint density at radius 1 is 1.12 bits per heavy atom. The monoisotopic (exact) mass is 249 g/mol. The summed E-state index contributed by atoms with van der Waals surface area (Å²) in [6, 6.07) is 0. The van der Waals surface area contributed by atoms with E-state index in [0.29, 0.717) is 19.8 Å². The van der Waals surface area contributed by atoms with Crippen molar-refractivity contribution < 1.29 is 18.1 Å². The molecule has 6 heteroatoms. The molecule has 0 radical (unpaired) electrons. The van der Waals surface area contributed by atoms with E-state index in [1.54, 1.807) is 0 Å². The molecule has 0 aliphatic carbocycles. The Hall–Kier alpha value is -0.433. The molecule has 0 saturated heterocycles. The third-order valence-electron chi connectivity index (χ3n) is 2.15. The summed E-state index contributed by atoms with van der Waals surface area (Å²) < 4.78 is 17.0. The number of amides is 1. The first-order chi connectivity index (χ1) is 7.52. The van der Waals surface area contributed by atoms with Gasteiger partial charge < -0.3 is 19.0 Å². The van der Waals surface area contributed by atoms with Gasteiger partial charge in [-0.05, 0) is 20.8 Å². The van der Waals surface area contributed by atoms with Crippen molar-refractivity contribution in [2.24, 2.45) is 5.73 Å². The molecule has 2 N–H and O–H groups in total. The highest BCUT2D eigenvalue weighted by Crippen LogP contribution is 2.28. The summed E-state index contributed by atoms with van der Waals surface area (Å²) in [5.74, 6) is -0.358. The lowest BCUT2D eigenvalue weighted by atomic mass is 10.3. The average molecular weight is 249 g/mol. The zero-order valence-corrected chi connectivity index (χ0v) is 11.6. The summed E-state index contributed by atoms with van der Waals surface area (Å²) >= 11 is 0. The van der Waals surface area contributed by atoms with Crippen LogP contribution in [0.5, 0.6) is 0 Å². The van der Waals surface area contributed by atoms with Gasteiger partial charge in [-0.15, -0.1) is 0 Å². The average Bonchev–Trinajstić information content (AvgIpc) is 2.17. The Bertz CT molecular complexity index is 196. The zero-order valence-electron chi connectivity index (χ0n) is 10.6. The van der Waals surface area contributed by atoms with Crippen LogP contribution >= 0.6 is 0 Å². The second-order valence-electron chi connectivity index (χ2n) is 3.47. The highest BCUT2D eigenvalue weighted by atomic mass is 28.4. The van der Waals surface area contributed by atoms with Gasteiger partial charge >= 0.3 is 8.80 Å². The van der Waals surface area contributed by atoms with Crippen LogP contribution in [0.25, 0.3) is 0 Å². The molecule has 0 aromatic carbocycles. The Kier molecular flexibility index (Phi) is 7.57. The van der Waals surface area contributed by atoms with Gasteiger partial charge in [-0.1, -0.05) is 6.92 Å². The van der Waals surface area contributed by atoms with E-state index in [9.17, 15) is 4.79 Å². The van der Waals surface area contributed by atoms with Gasteiger partial charge in [0.15, 0.2) is 0 Å². The van der Waals surface area contributed by atoms with E-state index in [0.717, 1.165) is 0 Å². The molecular weight excluding hydrogens is 226 g/mol. The number of primary amides is 1. The number of nitrogens with two attached hydrogens (primary N) is 1. The molecule has 96 valence electrons. The van der Waals surface area contributed by atoms with Crippen LogP contribution in [-0.4, -0.2) is 34.5 Å². The molecule has 0 spiro atoms. The van der Waals surface area contributed by atoms with Gasteiger partial charge in [0.1, 0.15) is 0 Å². The second-order valence-corrected chi connectivity index (χ2v) is 6.53. The first kappa shape index (κ1) is 15.6. The summed E-state index contributed by atoms with van der Waals surface area (Å²) in [6.45, 7) is 9.07. The molecule has 16 heavy (non-hydrogen) atoms. The molecule has 1 atom stereocenters. The molecule has 0 aliphatic rings. The summed E-state index contributed by atoms with van der Waals surface area (Å²) in [7, 11) is -2.76. The van der Waals surface area contributed by atoms with Crippen LogP contribution in [-0.2, 0) is 18.1 Å². The smallest absolute Gasteiger partial charge is 0.374 e. The quantitative estimate of drug-likeness (QED) is 0.625. The Labute approximate surface area is 98.6 Å². The van der Waals surface area contributed by atoms with Crippen LogP contribution in [0.15, 0.2) is 0 Å². The van der Waals surface area contributed by atoms with Crippen LogP contribution in [0.3, 0.4) is 0 Å². The van der Waals surface area contributed by atoms with Crippen LogP contribution in [0.1, 0.15) is 34.1 Å². The van der Waals surface area contributed by atoms with Crippen molar-refractivity contribution in [1.29, 1.82) is 0 Å². The van der Waals surface area contributed by atoms with E-state index in [-0.39, 0.29) is 17.9 Å². The van der Waals surface area contributed by atoms with Gasteiger partial charge in [-0.2, -0.15) is 0 Å². The normalized spacial score (nSPS) is 13.8. The number of rotatable bonds is 9. The fourth-order valence-electron chi connectivity index (χ4n) is 1.58. The van der Waals surface area contributed by atoms with Gasteiger partial charge in [0.05, 0.1) is 0 Å². The Morgan fingerprint density at radius 2 is 1.50 bits per heavy atom. The van der Waals surface area contributed by atoms with Gasteiger partial charge in [-0.25, -0.2) is 0 Å². The zero-order chi connectivity index (χ0) is 12.6. The number of carbonyl (C=O) groups excluding carboxylic acids is 1. The topological polar surface area (TPSA) is 70.8 Å². The number of hydrogen-bond acceptors (Lipinski definition) is 4. The number of hydrogen-bond donors (Lipinski definition) is 1. The summed E-state index contributed by atoms with van der Waals surface area (Å²) in [5, 5.41) is 0. The van der Waals surface area contributed by atoms with Crippen LogP contribution < -0.4 is 5.73 Å². The Morgan fingerprint density at radius 3 is 1.75 bits per heavy atom. The lowest BCUT2D eigenvalue weighted by Gasteiger charge is -2.32. The first-order valence-electron chi connectivity index (χ1n) is 5.72. The minimum Gasteiger partial charge on any atom is -0.374 e.